The first-order valence-electron chi connectivity index (χ1n) is 5.76. The van der Waals surface area contributed by atoms with Crippen LogP contribution < -0.4 is 0 Å². The quantitative estimate of drug-likeness (QED) is 0.855. The van der Waals surface area contributed by atoms with E-state index in [0.717, 1.165) is 12.1 Å². The van der Waals surface area contributed by atoms with E-state index in [4.69, 9.17) is 0 Å². The molecule has 1 aromatic carbocycles. The van der Waals surface area contributed by atoms with Crippen LogP contribution in [0.25, 0.3) is 0 Å². The highest BCUT2D eigenvalue weighted by Gasteiger charge is 2.35. The third-order valence-corrected chi connectivity index (χ3v) is 2.84. The van der Waals surface area contributed by atoms with E-state index in [0.29, 0.717) is 11.6 Å². The van der Waals surface area contributed by atoms with Crippen molar-refractivity contribution in [1.29, 1.82) is 0 Å². The number of alkyl halides is 3. The SMILES string of the molecule is Cc1cncc(C(O)c2cccc(C(F)(F)F)c2F)c1. The lowest BCUT2D eigenvalue weighted by atomic mass is 9.99. The van der Waals surface area contributed by atoms with Crippen LogP contribution in [0.3, 0.4) is 0 Å². The second-order valence-electron chi connectivity index (χ2n) is 4.40. The van der Waals surface area contributed by atoms with Crippen molar-refractivity contribution in [2.75, 3.05) is 0 Å². The lowest BCUT2D eigenvalue weighted by molar-refractivity contribution is -0.140. The third-order valence-electron chi connectivity index (χ3n) is 2.84. The van der Waals surface area contributed by atoms with Crippen molar-refractivity contribution in [2.24, 2.45) is 0 Å². The van der Waals surface area contributed by atoms with Crippen molar-refractivity contribution >= 4 is 0 Å². The molecule has 1 N–H and O–H groups in total. The molecule has 6 heteroatoms. The average Bonchev–Trinajstić information content (AvgIpc) is 2.37. The smallest absolute Gasteiger partial charge is 0.383 e. The monoisotopic (exact) mass is 285 g/mol. The van der Waals surface area contributed by atoms with Crippen molar-refractivity contribution in [3.63, 3.8) is 0 Å². The van der Waals surface area contributed by atoms with E-state index in [9.17, 15) is 22.7 Å². The van der Waals surface area contributed by atoms with Gasteiger partial charge in [0.2, 0.25) is 0 Å². The zero-order chi connectivity index (χ0) is 14.9. The maximum atomic E-state index is 13.9. The summed E-state index contributed by atoms with van der Waals surface area (Å²) in [5.41, 5.74) is -0.862. The van der Waals surface area contributed by atoms with Gasteiger partial charge in [0.25, 0.3) is 0 Å². The fraction of sp³-hybridized carbons (Fsp3) is 0.214. The van der Waals surface area contributed by atoms with E-state index in [1.54, 1.807) is 6.92 Å². The van der Waals surface area contributed by atoms with Crippen molar-refractivity contribution in [3.8, 4) is 0 Å². The zero-order valence-electron chi connectivity index (χ0n) is 10.4. The third kappa shape index (κ3) is 2.80. The molecule has 0 saturated carbocycles. The Morgan fingerprint density at radius 2 is 1.90 bits per heavy atom. The van der Waals surface area contributed by atoms with Crippen molar-refractivity contribution < 1.29 is 22.7 Å². The zero-order valence-corrected chi connectivity index (χ0v) is 10.4. The van der Waals surface area contributed by atoms with Gasteiger partial charge in [-0.25, -0.2) is 4.39 Å². The maximum absolute atomic E-state index is 13.9. The second-order valence-corrected chi connectivity index (χ2v) is 4.40. The van der Waals surface area contributed by atoms with E-state index in [1.807, 2.05) is 0 Å². The van der Waals surface area contributed by atoms with Crippen LogP contribution in [0.5, 0.6) is 0 Å². The van der Waals surface area contributed by atoms with Crippen LogP contribution in [0.4, 0.5) is 17.6 Å². The Morgan fingerprint density at radius 1 is 1.20 bits per heavy atom. The molecule has 0 spiro atoms. The number of aromatic nitrogens is 1. The number of nitrogens with zero attached hydrogens (tertiary/aromatic N) is 1. The van der Waals surface area contributed by atoms with Crippen LogP contribution in [-0.2, 0) is 6.18 Å². The molecule has 0 saturated heterocycles. The minimum absolute atomic E-state index is 0.239. The van der Waals surface area contributed by atoms with Crippen molar-refractivity contribution in [1.82, 2.24) is 4.98 Å². The highest BCUT2D eigenvalue weighted by Crippen LogP contribution is 2.35. The number of hydrogen-bond acceptors (Lipinski definition) is 2. The van der Waals surface area contributed by atoms with Gasteiger partial charge in [-0.05, 0) is 18.6 Å². The lowest BCUT2D eigenvalue weighted by Crippen LogP contribution is -2.12. The molecule has 2 aromatic rings. The molecule has 0 aliphatic rings. The van der Waals surface area contributed by atoms with E-state index in [-0.39, 0.29) is 5.56 Å². The number of aryl methyl sites for hydroxylation is 1. The molecular formula is C14H11F4NO. The fourth-order valence-corrected chi connectivity index (χ4v) is 1.89. The molecule has 20 heavy (non-hydrogen) atoms. The van der Waals surface area contributed by atoms with Gasteiger partial charge in [0.05, 0.1) is 5.56 Å². The number of benzene rings is 1. The largest absolute Gasteiger partial charge is 0.419 e. The van der Waals surface area contributed by atoms with E-state index in [2.05, 4.69) is 4.98 Å². The van der Waals surface area contributed by atoms with Crippen LogP contribution in [0.15, 0.2) is 36.7 Å². The summed E-state index contributed by atoms with van der Waals surface area (Å²) in [6.07, 6.45) is -3.48. The molecule has 106 valence electrons. The topological polar surface area (TPSA) is 33.1 Å². The molecular weight excluding hydrogens is 274 g/mol. The Labute approximate surface area is 112 Å². The van der Waals surface area contributed by atoms with Gasteiger partial charge in [-0.15, -0.1) is 0 Å². The number of pyridine rings is 1. The molecule has 1 unspecified atom stereocenters. The minimum atomic E-state index is -4.80. The summed E-state index contributed by atoms with van der Waals surface area (Å²) in [5, 5.41) is 10.0. The Bertz CT molecular complexity index is 625. The van der Waals surface area contributed by atoms with E-state index in [1.165, 1.54) is 18.5 Å². The predicted octanol–water partition coefficient (Wildman–Crippen LogP) is 3.63. The van der Waals surface area contributed by atoms with Gasteiger partial charge in [0, 0.05) is 23.5 Å². The number of hydrogen-bond donors (Lipinski definition) is 1. The molecule has 1 aromatic heterocycles. The Hall–Kier alpha value is -1.95. The minimum Gasteiger partial charge on any atom is -0.383 e. The highest BCUT2D eigenvalue weighted by atomic mass is 19.4. The summed E-state index contributed by atoms with van der Waals surface area (Å²) < 4.78 is 51.8. The van der Waals surface area contributed by atoms with Crippen LogP contribution in [0.2, 0.25) is 0 Å². The molecule has 0 radical (unpaired) electrons. The molecule has 2 nitrogen and oxygen atoms in total. The van der Waals surface area contributed by atoms with Gasteiger partial charge in [0.15, 0.2) is 0 Å². The van der Waals surface area contributed by atoms with Gasteiger partial charge in [0.1, 0.15) is 11.9 Å². The lowest BCUT2D eigenvalue weighted by Gasteiger charge is -2.16. The van der Waals surface area contributed by atoms with Crippen LogP contribution in [-0.4, -0.2) is 10.1 Å². The fourth-order valence-electron chi connectivity index (χ4n) is 1.89. The summed E-state index contributed by atoms with van der Waals surface area (Å²) in [4.78, 5) is 3.83. The molecule has 1 heterocycles. The Morgan fingerprint density at radius 3 is 2.50 bits per heavy atom. The molecule has 1 atom stereocenters. The molecule has 0 aliphatic carbocycles. The first-order chi connectivity index (χ1) is 9.30. The van der Waals surface area contributed by atoms with Gasteiger partial charge in [-0.2, -0.15) is 13.2 Å². The second kappa shape index (κ2) is 5.20. The van der Waals surface area contributed by atoms with Crippen molar-refractivity contribution in [2.45, 2.75) is 19.2 Å². The van der Waals surface area contributed by atoms with E-state index < -0.39 is 29.2 Å². The van der Waals surface area contributed by atoms with E-state index >= 15 is 0 Å². The molecule has 0 bridgehead atoms. The molecule has 0 amide bonds. The highest BCUT2D eigenvalue weighted by molar-refractivity contribution is 5.35. The number of rotatable bonds is 2. The summed E-state index contributed by atoms with van der Waals surface area (Å²) in [6, 6.07) is 4.36. The molecule has 0 fully saturated rings. The molecule has 0 aliphatic heterocycles. The maximum Gasteiger partial charge on any atom is 0.419 e. The first-order valence-corrected chi connectivity index (χ1v) is 5.76. The van der Waals surface area contributed by atoms with Gasteiger partial charge in [-0.1, -0.05) is 18.2 Å². The average molecular weight is 285 g/mol. The molecule has 2 rings (SSSR count). The number of aliphatic hydroxyl groups is 1. The normalized spacial score (nSPS) is 13.3. The first kappa shape index (κ1) is 14.5. The summed E-state index contributed by atoms with van der Waals surface area (Å²) in [7, 11) is 0. The Balaban J connectivity index is 2.48. The van der Waals surface area contributed by atoms with Gasteiger partial charge in [-0.3, -0.25) is 4.98 Å². The standard InChI is InChI=1S/C14H11F4NO/c1-8-5-9(7-19-6-8)13(20)10-3-2-4-11(12(10)15)14(16,17)18/h2-7,13,20H,1H3. The number of aliphatic hydroxyl groups excluding tert-OH is 1. The van der Waals surface area contributed by atoms with Crippen LogP contribution in [0, 0.1) is 12.7 Å². The van der Waals surface area contributed by atoms with Crippen LogP contribution in [0.1, 0.15) is 28.4 Å². The predicted molar refractivity (Wildman–Crippen MR) is 64.4 cm³/mol. The van der Waals surface area contributed by atoms with Gasteiger partial charge >= 0.3 is 6.18 Å². The Kier molecular flexibility index (Phi) is 3.76. The summed E-state index contributed by atoms with van der Waals surface area (Å²) >= 11 is 0. The van der Waals surface area contributed by atoms with Crippen molar-refractivity contribution in [3.05, 3.63) is 64.7 Å². The summed E-state index contributed by atoms with van der Waals surface area (Å²) in [5.74, 6) is -1.46. The van der Waals surface area contributed by atoms with Crippen LogP contribution >= 0.6 is 0 Å². The summed E-state index contributed by atoms with van der Waals surface area (Å²) in [6.45, 7) is 1.71. The number of halogens is 4. The van der Waals surface area contributed by atoms with Gasteiger partial charge < -0.3 is 5.11 Å².